The summed E-state index contributed by atoms with van der Waals surface area (Å²) in [6, 6.07) is 25.5. The molecule has 0 saturated carbocycles. The third kappa shape index (κ3) is 3.74. The fraction of sp³-hybridized carbons (Fsp3) is 0. The minimum absolute atomic E-state index is 0.0267. The number of rotatable bonds is 5. The molecule has 0 amide bonds. The maximum atomic E-state index is 12.7. The van der Waals surface area contributed by atoms with Crippen molar-refractivity contribution in [2.75, 3.05) is 4.72 Å². The van der Waals surface area contributed by atoms with Crippen molar-refractivity contribution in [1.82, 2.24) is 4.98 Å². The van der Waals surface area contributed by atoms with Crippen LogP contribution in [0.15, 0.2) is 87.6 Å². The summed E-state index contributed by atoms with van der Waals surface area (Å²) in [5, 5.41) is 21.7. The van der Waals surface area contributed by atoms with Crippen LogP contribution in [0.5, 0.6) is 0 Å². The first kappa shape index (κ1) is 19.6. The van der Waals surface area contributed by atoms with Gasteiger partial charge in [0.25, 0.3) is 10.0 Å². The van der Waals surface area contributed by atoms with E-state index in [1.165, 1.54) is 23.9 Å². The van der Waals surface area contributed by atoms with Crippen molar-refractivity contribution in [2.45, 2.75) is 14.8 Å². The molecule has 0 atom stereocenters. The number of hydrogen-bond donors (Lipinski definition) is 2. The summed E-state index contributed by atoms with van der Waals surface area (Å²) < 4.78 is 27.7. The van der Waals surface area contributed by atoms with Crippen LogP contribution in [0.4, 0.5) is 5.82 Å². The van der Waals surface area contributed by atoms with Crippen LogP contribution < -0.4 is 4.72 Å². The van der Waals surface area contributed by atoms with Gasteiger partial charge in [-0.3, -0.25) is 4.72 Å². The zero-order valence-corrected chi connectivity index (χ0v) is 17.1. The van der Waals surface area contributed by atoms with Gasteiger partial charge in [0.2, 0.25) is 0 Å². The molecule has 0 aliphatic heterocycles. The average Bonchev–Trinajstić information content (AvgIpc) is 3.09. The van der Waals surface area contributed by atoms with Crippen LogP contribution in [-0.2, 0) is 10.0 Å². The Bertz CT molecular complexity index is 1430. The Hall–Kier alpha value is -3.72. The van der Waals surface area contributed by atoms with Gasteiger partial charge in [0, 0.05) is 4.90 Å². The van der Waals surface area contributed by atoms with Gasteiger partial charge in [-0.25, -0.2) is 8.42 Å². The molecule has 0 fully saturated rings. The van der Waals surface area contributed by atoms with Crippen LogP contribution in [0.3, 0.4) is 0 Å². The molecule has 0 spiro atoms. The number of nitriles is 2. The number of H-pyrrole nitrogens is 1. The first-order valence-electron chi connectivity index (χ1n) is 8.82. The van der Waals surface area contributed by atoms with Crippen molar-refractivity contribution < 1.29 is 8.42 Å². The number of aromatic nitrogens is 1. The Kier molecular flexibility index (Phi) is 5.20. The van der Waals surface area contributed by atoms with E-state index in [0.717, 1.165) is 15.7 Å². The third-order valence-electron chi connectivity index (χ3n) is 4.42. The van der Waals surface area contributed by atoms with Gasteiger partial charge in [0.1, 0.15) is 29.1 Å². The summed E-state index contributed by atoms with van der Waals surface area (Å²) >= 11 is 1.26. The Morgan fingerprint density at radius 2 is 1.50 bits per heavy atom. The number of nitrogens with one attached hydrogen (secondary N) is 2. The normalized spacial score (nSPS) is 11.0. The molecule has 0 radical (unpaired) electrons. The van der Waals surface area contributed by atoms with Crippen molar-refractivity contribution >= 4 is 38.4 Å². The smallest absolute Gasteiger partial charge is 0.263 e. The van der Waals surface area contributed by atoms with E-state index < -0.39 is 10.0 Å². The zero-order chi connectivity index (χ0) is 21.1. The topological polar surface area (TPSA) is 110 Å². The largest absolute Gasteiger partial charge is 0.333 e. The number of hydrogen-bond acceptors (Lipinski definition) is 5. The molecule has 4 rings (SSSR count). The lowest BCUT2D eigenvalue weighted by Gasteiger charge is -2.06. The van der Waals surface area contributed by atoms with Crippen molar-refractivity contribution in [1.29, 1.82) is 10.5 Å². The van der Waals surface area contributed by atoms with Gasteiger partial charge < -0.3 is 4.98 Å². The summed E-state index contributed by atoms with van der Waals surface area (Å²) in [6.45, 7) is 0. The molecule has 0 bridgehead atoms. The van der Waals surface area contributed by atoms with E-state index in [-0.39, 0.29) is 21.8 Å². The van der Waals surface area contributed by atoms with Crippen molar-refractivity contribution in [3.63, 3.8) is 0 Å². The van der Waals surface area contributed by atoms with E-state index in [1.54, 1.807) is 18.2 Å². The Morgan fingerprint density at radius 3 is 2.20 bits per heavy atom. The first-order chi connectivity index (χ1) is 14.5. The van der Waals surface area contributed by atoms with Crippen LogP contribution in [0, 0.1) is 22.7 Å². The highest BCUT2D eigenvalue weighted by atomic mass is 32.2. The Morgan fingerprint density at radius 1 is 0.833 bits per heavy atom. The van der Waals surface area contributed by atoms with Crippen molar-refractivity contribution in [2.24, 2.45) is 0 Å². The lowest BCUT2D eigenvalue weighted by Crippen LogP contribution is -2.13. The second-order valence-electron chi connectivity index (χ2n) is 6.33. The summed E-state index contributed by atoms with van der Waals surface area (Å²) in [7, 11) is -3.91. The van der Waals surface area contributed by atoms with Gasteiger partial charge in [0.05, 0.1) is 9.92 Å². The van der Waals surface area contributed by atoms with Crippen LogP contribution in [0.2, 0.25) is 0 Å². The number of anilines is 1. The summed E-state index contributed by atoms with van der Waals surface area (Å²) in [6.07, 6.45) is 0. The number of nitrogens with zero attached hydrogens (tertiary/aromatic N) is 2. The number of benzene rings is 3. The number of aromatic amines is 1. The van der Waals surface area contributed by atoms with Crippen LogP contribution in [0.25, 0.3) is 10.8 Å². The van der Waals surface area contributed by atoms with E-state index in [1.807, 2.05) is 54.6 Å². The maximum Gasteiger partial charge on any atom is 0.263 e. The lowest BCUT2D eigenvalue weighted by atomic mass is 10.1. The van der Waals surface area contributed by atoms with Crippen molar-refractivity contribution in [3.05, 3.63) is 83.9 Å². The van der Waals surface area contributed by atoms with Gasteiger partial charge in [-0.1, -0.05) is 60.3 Å². The number of fused-ring (bicyclic) bond motifs is 1. The standard InChI is InChI=1S/C22H14N4O2S2/c23-13-19-20(14-24)22(29-17-11-10-15-6-4-5-7-16(15)12-17)25-21(19)26-30(27,28)18-8-2-1-3-9-18/h1-12,25-26H. The average molecular weight is 431 g/mol. The minimum atomic E-state index is -3.91. The molecule has 2 N–H and O–H groups in total. The number of sulfonamides is 1. The quantitative estimate of drug-likeness (QED) is 0.470. The molecule has 3 aromatic carbocycles. The maximum absolute atomic E-state index is 12.7. The molecule has 8 heteroatoms. The minimum Gasteiger partial charge on any atom is -0.333 e. The summed E-state index contributed by atoms with van der Waals surface area (Å²) in [5.74, 6) is -0.0267. The van der Waals surface area contributed by atoms with Gasteiger partial charge in [-0.2, -0.15) is 10.5 Å². The fourth-order valence-corrected chi connectivity index (χ4v) is 5.01. The Balaban J connectivity index is 1.72. The molecule has 1 aromatic heterocycles. The predicted molar refractivity (Wildman–Crippen MR) is 116 cm³/mol. The van der Waals surface area contributed by atoms with Gasteiger partial charge in [-0.15, -0.1) is 0 Å². The molecule has 146 valence electrons. The van der Waals surface area contributed by atoms with E-state index in [2.05, 4.69) is 9.71 Å². The highest BCUT2D eigenvalue weighted by Crippen LogP contribution is 2.36. The zero-order valence-electron chi connectivity index (χ0n) is 15.5. The lowest BCUT2D eigenvalue weighted by molar-refractivity contribution is 0.601. The molecule has 0 aliphatic rings. The molecule has 0 aliphatic carbocycles. The second-order valence-corrected chi connectivity index (χ2v) is 9.10. The van der Waals surface area contributed by atoms with E-state index in [0.29, 0.717) is 5.03 Å². The molecule has 4 aromatic rings. The van der Waals surface area contributed by atoms with Crippen LogP contribution in [-0.4, -0.2) is 13.4 Å². The SMILES string of the molecule is N#Cc1c(NS(=O)(=O)c2ccccc2)[nH]c(Sc2ccc3ccccc3c2)c1C#N. The fourth-order valence-electron chi connectivity index (χ4n) is 2.99. The van der Waals surface area contributed by atoms with E-state index in [9.17, 15) is 18.9 Å². The van der Waals surface area contributed by atoms with E-state index >= 15 is 0 Å². The monoisotopic (exact) mass is 430 g/mol. The molecule has 0 saturated heterocycles. The van der Waals surface area contributed by atoms with Gasteiger partial charge >= 0.3 is 0 Å². The predicted octanol–water partition coefficient (Wildman–Crippen LogP) is 4.86. The summed E-state index contributed by atoms with van der Waals surface area (Å²) in [4.78, 5) is 3.82. The first-order valence-corrected chi connectivity index (χ1v) is 11.1. The third-order valence-corrected chi connectivity index (χ3v) is 6.79. The molecule has 6 nitrogen and oxygen atoms in total. The van der Waals surface area contributed by atoms with Crippen LogP contribution >= 0.6 is 11.8 Å². The van der Waals surface area contributed by atoms with E-state index in [4.69, 9.17) is 0 Å². The molecule has 0 unspecified atom stereocenters. The Labute approximate surface area is 177 Å². The second kappa shape index (κ2) is 7.96. The molecule has 30 heavy (non-hydrogen) atoms. The summed E-state index contributed by atoms with van der Waals surface area (Å²) in [5.41, 5.74) is 0.0571. The van der Waals surface area contributed by atoms with Crippen molar-refractivity contribution in [3.8, 4) is 12.1 Å². The van der Waals surface area contributed by atoms with Gasteiger partial charge in [0.15, 0.2) is 0 Å². The molecule has 1 heterocycles. The highest BCUT2D eigenvalue weighted by molar-refractivity contribution is 7.99. The molecular weight excluding hydrogens is 416 g/mol. The van der Waals surface area contributed by atoms with Gasteiger partial charge in [-0.05, 0) is 35.0 Å². The molecular formula is C22H14N4O2S2. The highest BCUT2D eigenvalue weighted by Gasteiger charge is 2.23. The van der Waals surface area contributed by atoms with Crippen LogP contribution in [0.1, 0.15) is 11.1 Å².